The molecule has 0 atom stereocenters. The molecule has 0 aliphatic heterocycles. The highest BCUT2D eigenvalue weighted by atomic mass is 35.5. The van der Waals surface area contributed by atoms with Crippen molar-refractivity contribution in [2.75, 3.05) is 37.6 Å². The van der Waals surface area contributed by atoms with Crippen molar-refractivity contribution in [2.45, 2.75) is 0 Å². The van der Waals surface area contributed by atoms with Crippen LogP contribution in [0.4, 0.5) is 10.1 Å². The maximum absolute atomic E-state index is 12.5. The van der Waals surface area contributed by atoms with E-state index < -0.39 is 6.67 Å². The van der Waals surface area contributed by atoms with Crippen molar-refractivity contribution in [3.05, 3.63) is 29.8 Å². The summed E-state index contributed by atoms with van der Waals surface area (Å²) < 4.78 is 12.5. The van der Waals surface area contributed by atoms with Crippen LogP contribution in [0.15, 0.2) is 29.4 Å². The van der Waals surface area contributed by atoms with Gasteiger partial charge in [0.15, 0.2) is 5.11 Å². The Kier molecular flexibility index (Phi) is 7.91. The van der Waals surface area contributed by atoms with Crippen molar-refractivity contribution in [3.8, 4) is 0 Å². The molecule has 4 nitrogen and oxygen atoms in total. The van der Waals surface area contributed by atoms with Crippen molar-refractivity contribution in [3.63, 3.8) is 0 Å². The third-order valence-corrected chi connectivity index (χ3v) is 3.04. The van der Waals surface area contributed by atoms with Crippen LogP contribution in [0.2, 0.25) is 0 Å². The molecule has 0 unspecified atom stereocenters. The predicted molar refractivity (Wildman–Crippen MR) is 87.7 cm³/mol. The molecule has 0 aliphatic rings. The minimum atomic E-state index is -0.397. The molecule has 0 aliphatic carbocycles. The summed E-state index contributed by atoms with van der Waals surface area (Å²) in [5, 5.41) is 7.19. The van der Waals surface area contributed by atoms with Gasteiger partial charge in [0.2, 0.25) is 0 Å². The monoisotopic (exact) mass is 316 g/mol. The van der Waals surface area contributed by atoms with Gasteiger partial charge in [0.1, 0.15) is 6.67 Å². The summed E-state index contributed by atoms with van der Waals surface area (Å²) in [5.41, 5.74) is 4.54. The standard InChI is InChI=1S/C13H18ClFN4S/c1-16-13(20)18-17-10-11-2-4-12(5-3-11)19(8-6-14)9-7-15/h2-5,10H,6-9H2,1H3,(H2,16,18,20)/b17-10+. The van der Waals surface area contributed by atoms with Gasteiger partial charge >= 0.3 is 0 Å². The highest BCUT2D eigenvalue weighted by Crippen LogP contribution is 2.14. The lowest BCUT2D eigenvalue weighted by Gasteiger charge is -2.22. The summed E-state index contributed by atoms with van der Waals surface area (Å²) in [7, 11) is 1.72. The third-order valence-electron chi connectivity index (χ3n) is 2.57. The maximum atomic E-state index is 12.5. The SMILES string of the molecule is CNC(=S)N/N=C/c1ccc(N(CCF)CCCl)cc1. The van der Waals surface area contributed by atoms with Gasteiger partial charge in [-0.1, -0.05) is 12.1 Å². The highest BCUT2D eigenvalue weighted by molar-refractivity contribution is 7.80. The number of hydrogen-bond donors (Lipinski definition) is 2. The Labute approximate surface area is 129 Å². The second-order valence-corrected chi connectivity index (χ2v) is 4.69. The number of hydrogen-bond acceptors (Lipinski definition) is 3. The van der Waals surface area contributed by atoms with Crippen molar-refractivity contribution >= 4 is 40.8 Å². The zero-order valence-corrected chi connectivity index (χ0v) is 12.8. The van der Waals surface area contributed by atoms with Gasteiger partial charge in [-0.05, 0) is 29.9 Å². The number of nitrogens with one attached hydrogen (secondary N) is 2. The Morgan fingerprint density at radius 3 is 2.65 bits per heavy atom. The van der Waals surface area contributed by atoms with Crippen molar-refractivity contribution in [1.82, 2.24) is 10.7 Å². The number of hydrazone groups is 1. The first-order chi connectivity index (χ1) is 9.71. The zero-order valence-electron chi connectivity index (χ0n) is 11.3. The van der Waals surface area contributed by atoms with Crippen LogP contribution in [-0.4, -0.2) is 44.0 Å². The van der Waals surface area contributed by atoms with E-state index in [1.807, 2.05) is 29.2 Å². The first kappa shape index (κ1) is 16.7. The first-order valence-corrected chi connectivity index (χ1v) is 7.13. The molecular weight excluding hydrogens is 299 g/mol. The molecule has 7 heteroatoms. The minimum absolute atomic E-state index is 0.345. The maximum Gasteiger partial charge on any atom is 0.186 e. The van der Waals surface area contributed by atoms with Crippen LogP contribution in [0.1, 0.15) is 5.56 Å². The summed E-state index contributed by atoms with van der Waals surface area (Å²) in [4.78, 5) is 1.91. The number of thiocarbonyl (C=S) groups is 1. The lowest BCUT2D eigenvalue weighted by molar-refractivity contribution is 0.492. The number of alkyl halides is 2. The number of anilines is 1. The second-order valence-electron chi connectivity index (χ2n) is 3.91. The van der Waals surface area contributed by atoms with E-state index in [-0.39, 0.29) is 0 Å². The normalized spacial score (nSPS) is 10.6. The van der Waals surface area contributed by atoms with E-state index >= 15 is 0 Å². The second kappa shape index (κ2) is 9.50. The van der Waals surface area contributed by atoms with Crippen LogP contribution < -0.4 is 15.6 Å². The molecule has 2 N–H and O–H groups in total. The fraction of sp³-hybridized carbons (Fsp3) is 0.385. The largest absolute Gasteiger partial charge is 0.368 e. The van der Waals surface area contributed by atoms with E-state index in [9.17, 15) is 4.39 Å². The van der Waals surface area contributed by atoms with E-state index in [4.69, 9.17) is 23.8 Å². The van der Waals surface area contributed by atoms with Gasteiger partial charge in [-0.15, -0.1) is 11.6 Å². The number of halogens is 2. The Morgan fingerprint density at radius 1 is 1.40 bits per heavy atom. The van der Waals surface area contributed by atoms with Crippen LogP contribution in [0, 0.1) is 0 Å². The third kappa shape index (κ3) is 5.71. The van der Waals surface area contributed by atoms with Crippen molar-refractivity contribution in [2.24, 2.45) is 5.10 Å². The topological polar surface area (TPSA) is 39.7 Å². The number of nitrogens with zero attached hydrogens (tertiary/aromatic N) is 2. The molecule has 0 fully saturated rings. The smallest absolute Gasteiger partial charge is 0.186 e. The Morgan fingerprint density at radius 2 is 2.10 bits per heavy atom. The molecular formula is C13H18ClFN4S. The van der Waals surface area contributed by atoms with Gasteiger partial charge in [0, 0.05) is 31.7 Å². The molecule has 0 saturated heterocycles. The molecule has 0 aromatic heterocycles. The van der Waals surface area contributed by atoms with E-state index in [2.05, 4.69) is 15.8 Å². The summed E-state index contributed by atoms with van der Waals surface area (Å²) in [5.74, 6) is 0.467. The quantitative estimate of drug-likeness (QED) is 0.350. The average molecular weight is 317 g/mol. The molecule has 1 rings (SSSR count). The zero-order chi connectivity index (χ0) is 14.8. The highest BCUT2D eigenvalue weighted by Gasteiger charge is 2.04. The van der Waals surface area contributed by atoms with Gasteiger partial charge in [-0.2, -0.15) is 5.10 Å². The fourth-order valence-corrected chi connectivity index (χ4v) is 1.82. The minimum Gasteiger partial charge on any atom is -0.368 e. The lowest BCUT2D eigenvalue weighted by Crippen LogP contribution is -2.28. The molecule has 0 amide bonds. The van der Waals surface area contributed by atoms with Gasteiger partial charge in [-0.3, -0.25) is 5.43 Å². The van der Waals surface area contributed by atoms with Crippen LogP contribution in [0.5, 0.6) is 0 Å². The first-order valence-electron chi connectivity index (χ1n) is 6.19. The van der Waals surface area contributed by atoms with E-state index in [0.717, 1.165) is 11.3 Å². The molecule has 110 valence electrons. The molecule has 0 bridgehead atoms. The van der Waals surface area contributed by atoms with Crippen molar-refractivity contribution < 1.29 is 4.39 Å². The Balaban J connectivity index is 2.64. The summed E-state index contributed by atoms with van der Waals surface area (Å²) in [6.45, 7) is 0.570. The molecule has 0 spiro atoms. The van der Waals surface area contributed by atoms with Gasteiger partial charge in [0.05, 0.1) is 6.21 Å². The number of benzene rings is 1. The molecule has 1 aromatic rings. The van der Waals surface area contributed by atoms with Crippen molar-refractivity contribution in [1.29, 1.82) is 0 Å². The molecule has 0 heterocycles. The predicted octanol–water partition coefficient (Wildman–Crippen LogP) is 2.13. The van der Waals surface area contributed by atoms with Crippen LogP contribution in [-0.2, 0) is 0 Å². The van der Waals surface area contributed by atoms with Gasteiger partial charge in [0.25, 0.3) is 0 Å². The molecule has 0 saturated carbocycles. The fourth-order valence-electron chi connectivity index (χ4n) is 1.57. The van der Waals surface area contributed by atoms with E-state index in [1.165, 1.54) is 0 Å². The summed E-state index contributed by atoms with van der Waals surface area (Å²) >= 11 is 10.6. The average Bonchev–Trinajstić information content (AvgIpc) is 2.47. The van der Waals surface area contributed by atoms with E-state index in [0.29, 0.717) is 24.1 Å². The van der Waals surface area contributed by atoms with Gasteiger partial charge in [-0.25, -0.2) is 4.39 Å². The van der Waals surface area contributed by atoms with Crippen LogP contribution in [0.3, 0.4) is 0 Å². The van der Waals surface area contributed by atoms with Crippen LogP contribution >= 0.6 is 23.8 Å². The lowest BCUT2D eigenvalue weighted by atomic mass is 10.2. The number of rotatable bonds is 7. The Hall–Kier alpha value is -1.40. The molecule has 0 radical (unpaired) electrons. The molecule has 20 heavy (non-hydrogen) atoms. The van der Waals surface area contributed by atoms with Crippen LogP contribution in [0.25, 0.3) is 0 Å². The van der Waals surface area contributed by atoms with Gasteiger partial charge < -0.3 is 10.2 Å². The molecule has 1 aromatic carbocycles. The summed E-state index contributed by atoms with van der Waals surface area (Å²) in [6, 6.07) is 7.64. The van der Waals surface area contributed by atoms with E-state index in [1.54, 1.807) is 13.3 Å². The Bertz CT molecular complexity index is 433. The summed E-state index contributed by atoms with van der Waals surface area (Å²) in [6.07, 6.45) is 1.66.